The maximum absolute atomic E-state index is 13.6. The van der Waals surface area contributed by atoms with Gasteiger partial charge in [0.05, 0.1) is 15.5 Å². The minimum Gasteiger partial charge on any atom is -0.505 e. The summed E-state index contributed by atoms with van der Waals surface area (Å²) in [5, 5.41) is 18.5. The van der Waals surface area contributed by atoms with Crippen LogP contribution in [0, 0.1) is 11.7 Å². The molecule has 0 aliphatic heterocycles. The number of thiophene rings is 1. The molecular formula is C13H11FO4S. The molecule has 0 unspecified atom stereocenters. The summed E-state index contributed by atoms with van der Waals surface area (Å²) >= 11 is 0.922. The third kappa shape index (κ3) is 2.58. The van der Waals surface area contributed by atoms with Crippen LogP contribution in [0.3, 0.4) is 0 Å². The number of aliphatic carboxylic acids is 1. The summed E-state index contributed by atoms with van der Waals surface area (Å²) in [7, 11) is 0. The molecule has 2 N–H and O–H groups in total. The minimum atomic E-state index is -1.04. The van der Waals surface area contributed by atoms with Gasteiger partial charge in [-0.25, -0.2) is 4.39 Å². The van der Waals surface area contributed by atoms with E-state index < -0.39 is 23.5 Å². The molecule has 0 fully saturated rings. The molecule has 1 atom stereocenters. The first-order chi connectivity index (χ1) is 8.90. The van der Waals surface area contributed by atoms with Gasteiger partial charge in [0, 0.05) is 6.42 Å². The van der Waals surface area contributed by atoms with Crippen molar-refractivity contribution in [3.05, 3.63) is 28.9 Å². The van der Waals surface area contributed by atoms with Crippen LogP contribution in [0.5, 0.6) is 5.75 Å². The molecule has 0 aliphatic rings. The Morgan fingerprint density at radius 1 is 1.42 bits per heavy atom. The predicted molar refractivity (Wildman–Crippen MR) is 69.2 cm³/mol. The zero-order chi connectivity index (χ0) is 14.2. The Morgan fingerprint density at radius 2 is 2.11 bits per heavy atom. The largest absolute Gasteiger partial charge is 0.505 e. The number of halogens is 1. The SMILES string of the molecule is C[C@@H](CC(=O)c1cc2ccc(O)c(F)c2s1)C(=O)O. The van der Waals surface area contributed by atoms with Gasteiger partial charge in [0.2, 0.25) is 0 Å². The minimum absolute atomic E-state index is 0.129. The summed E-state index contributed by atoms with van der Waals surface area (Å²) in [6, 6.07) is 4.25. The number of hydrogen-bond donors (Lipinski definition) is 2. The van der Waals surface area contributed by atoms with Gasteiger partial charge < -0.3 is 10.2 Å². The molecule has 2 aromatic rings. The van der Waals surface area contributed by atoms with Crippen LogP contribution in [0.1, 0.15) is 23.0 Å². The molecule has 0 bridgehead atoms. The van der Waals surface area contributed by atoms with E-state index in [9.17, 15) is 19.1 Å². The van der Waals surface area contributed by atoms with E-state index in [4.69, 9.17) is 5.11 Å². The van der Waals surface area contributed by atoms with Gasteiger partial charge in [0.15, 0.2) is 17.3 Å². The van der Waals surface area contributed by atoms with Crippen molar-refractivity contribution >= 4 is 33.2 Å². The normalized spacial score (nSPS) is 12.5. The molecule has 0 aliphatic carbocycles. The molecule has 1 aromatic carbocycles. The molecule has 0 saturated carbocycles. The van der Waals surface area contributed by atoms with E-state index in [1.165, 1.54) is 25.1 Å². The lowest BCUT2D eigenvalue weighted by atomic mass is 10.0. The number of hydrogen-bond acceptors (Lipinski definition) is 4. The fourth-order valence-electron chi connectivity index (χ4n) is 1.66. The van der Waals surface area contributed by atoms with Gasteiger partial charge in [0.25, 0.3) is 0 Å². The highest BCUT2D eigenvalue weighted by atomic mass is 32.1. The van der Waals surface area contributed by atoms with Crippen molar-refractivity contribution in [3.63, 3.8) is 0 Å². The number of carbonyl (C=O) groups is 2. The van der Waals surface area contributed by atoms with Crippen LogP contribution in [0.15, 0.2) is 18.2 Å². The van der Waals surface area contributed by atoms with E-state index in [0.717, 1.165) is 11.3 Å². The smallest absolute Gasteiger partial charge is 0.306 e. The molecule has 1 aromatic heterocycles. The molecule has 4 nitrogen and oxygen atoms in total. The van der Waals surface area contributed by atoms with Crippen molar-refractivity contribution in [1.82, 2.24) is 0 Å². The Morgan fingerprint density at radius 3 is 2.74 bits per heavy atom. The van der Waals surface area contributed by atoms with Crippen molar-refractivity contribution in [3.8, 4) is 5.75 Å². The number of aromatic hydroxyl groups is 1. The zero-order valence-corrected chi connectivity index (χ0v) is 10.8. The number of fused-ring (bicyclic) bond motifs is 1. The Bertz CT molecular complexity index is 662. The van der Waals surface area contributed by atoms with E-state index >= 15 is 0 Å². The quantitative estimate of drug-likeness (QED) is 0.845. The Hall–Kier alpha value is -1.95. The third-order valence-corrected chi connectivity index (χ3v) is 3.98. The second-order valence-electron chi connectivity index (χ2n) is 4.29. The molecular weight excluding hydrogens is 271 g/mol. The number of carboxylic acid groups (broad SMARTS) is 1. The van der Waals surface area contributed by atoms with Gasteiger partial charge in [-0.3, -0.25) is 9.59 Å². The van der Waals surface area contributed by atoms with Crippen LogP contribution < -0.4 is 0 Å². The number of carboxylic acids is 1. The molecule has 6 heteroatoms. The standard InChI is InChI=1S/C13H11FO4S/c1-6(13(17)18)4-9(16)10-5-7-2-3-8(15)11(14)12(7)19-10/h2-3,5-6,15H,4H2,1H3,(H,17,18)/t6-/m0/s1. The first-order valence-corrected chi connectivity index (χ1v) is 6.39. The fraction of sp³-hybridized carbons (Fsp3) is 0.231. The molecule has 100 valence electrons. The second kappa shape index (κ2) is 4.97. The molecule has 0 amide bonds. The lowest BCUT2D eigenvalue weighted by molar-refractivity contribution is -0.141. The van der Waals surface area contributed by atoms with E-state index in [-0.39, 0.29) is 16.9 Å². The van der Waals surface area contributed by atoms with Crippen molar-refractivity contribution in [2.75, 3.05) is 0 Å². The van der Waals surface area contributed by atoms with Gasteiger partial charge in [-0.05, 0) is 23.6 Å². The fourth-order valence-corrected chi connectivity index (χ4v) is 2.70. The summed E-state index contributed by atoms with van der Waals surface area (Å²) in [6.07, 6.45) is -0.129. The van der Waals surface area contributed by atoms with Crippen LogP contribution >= 0.6 is 11.3 Å². The molecule has 0 spiro atoms. The van der Waals surface area contributed by atoms with Gasteiger partial charge in [-0.15, -0.1) is 11.3 Å². The Labute approximate surface area is 112 Å². The number of ketones is 1. The molecule has 0 radical (unpaired) electrons. The van der Waals surface area contributed by atoms with Crippen LogP contribution in [-0.4, -0.2) is 22.0 Å². The van der Waals surface area contributed by atoms with E-state index in [1.54, 1.807) is 0 Å². The average Bonchev–Trinajstić information content (AvgIpc) is 2.78. The van der Waals surface area contributed by atoms with Crippen LogP contribution in [-0.2, 0) is 4.79 Å². The van der Waals surface area contributed by atoms with Gasteiger partial charge in [-0.2, -0.15) is 0 Å². The average molecular weight is 282 g/mol. The highest BCUT2D eigenvalue weighted by Gasteiger charge is 2.20. The highest BCUT2D eigenvalue weighted by Crippen LogP contribution is 2.33. The number of Topliss-reactive ketones (excluding diaryl/α,β-unsaturated/α-hetero) is 1. The molecule has 0 saturated heterocycles. The monoisotopic (exact) mass is 282 g/mol. The van der Waals surface area contributed by atoms with Crippen LogP contribution in [0.4, 0.5) is 4.39 Å². The topological polar surface area (TPSA) is 74.6 Å². The molecule has 1 heterocycles. The highest BCUT2D eigenvalue weighted by molar-refractivity contribution is 7.20. The summed E-state index contributed by atoms with van der Waals surface area (Å²) in [4.78, 5) is 22.9. The first kappa shape index (κ1) is 13.5. The third-order valence-electron chi connectivity index (χ3n) is 2.79. The van der Waals surface area contributed by atoms with Crippen molar-refractivity contribution in [2.45, 2.75) is 13.3 Å². The predicted octanol–water partition coefficient (Wildman–Crippen LogP) is 3.04. The van der Waals surface area contributed by atoms with E-state index in [0.29, 0.717) is 10.3 Å². The van der Waals surface area contributed by atoms with E-state index in [1.807, 2.05) is 0 Å². The maximum Gasteiger partial charge on any atom is 0.306 e. The number of phenolic OH excluding ortho intramolecular Hbond substituents is 1. The number of carbonyl (C=O) groups excluding carboxylic acids is 1. The summed E-state index contributed by atoms with van der Waals surface area (Å²) in [6.45, 7) is 1.44. The lowest BCUT2D eigenvalue weighted by Gasteiger charge is -2.02. The van der Waals surface area contributed by atoms with Crippen molar-refractivity contribution in [2.24, 2.45) is 5.92 Å². The number of phenols is 1. The Balaban J connectivity index is 2.34. The summed E-state index contributed by atoms with van der Waals surface area (Å²) < 4.78 is 13.8. The van der Waals surface area contributed by atoms with Crippen LogP contribution in [0.25, 0.3) is 10.1 Å². The number of rotatable bonds is 4. The lowest BCUT2D eigenvalue weighted by Crippen LogP contribution is -2.13. The van der Waals surface area contributed by atoms with Gasteiger partial charge >= 0.3 is 5.97 Å². The van der Waals surface area contributed by atoms with Crippen molar-refractivity contribution in [1.29, 1.82) is 0 Å². The summed E-state index contributed by atoms with van der Waals surface area (Å²) in [5.41, 5.74) is 0. The Kier molecular flexibility index (Phi) is 3.53. The second-order valence-corrected chi connectivity index (χ2v) is 5.35. The van der Waals surface area contributed by atoms with Gasteiger partial charge in [0.1, 0.15) is 0 Å². The summed E-state index contributed by atoms with van der Waals surface area (Å²) in [5.74, 6) is -3.38. The van der Waals surface area contributed by atoms with Gasteiger partial charge in [-0.1, -0.05) is 6.92 Å². The molecule has 2 rings (SSSR count). The van der Waals surface area contributed by atoms with Crippen LogP contribution in [0.2, 0.25) is 0 Å². The molecule has 19 heavy (non-hydrogen) atoms. The van der Waals surface area contributed by atoms with Crippen molar-refractivity contribution < 1.29 is 24.2 Å². The first-order valence-electron chi connectivity index (χ1n) is 5.57. The maximum atomic E-state index is 13.6. The zero-order valence-electron chi connectivity index (χ0n) is 10.0. The number of benzene rings is 1. The van der Waals surface area contributed by atoms with E-state index in [2.05, 4.69) is 0 Å².